The number of hydrogen-bond donors (Lipinski definition) is 0. The maximum atomic E-state index is 13.6. The van der Waals surface area contributed by atoms with Gasteiger partial charge in [0.05, 0.1) is 18.0 Å². The number of piperidine rings is 1. The highest BCUT2D eigenvalue weighted by atomic mass is 32.2. The van der Waals surface area contributed by atoms with E-state index in [-0.39, 0.29) is 29.1 Å². The first-order valence-corrected chi connectivity index (χ1v) is 11.3. The van der Waals surface area contributed by atoms with E-state index < -0.39 is 15.8 Å². The van der Waals surface area contributed by atoms with Crippen molar-refractivity contribution < 1.29 is 17.5 Å². The molecule has 1 aliphatic heterocycles. The van der Waals surface area contributed by atoms with E-state index in [1.807, 2.05) is 0 Å². The molecule has 1 atom stereocenters. The third-order valence-corrected chi connectivity index (χ3v) is 7.36. The van der Waals surface area contributed by atoms with E-state index in [1.165, 1.54) is 27.2 Å². The Kier molecular flexibility index (Phi) is 5.58. The zero-order valence-electron chi connectivity index (χ0n) is 16.3. The minimum atomic E-state index is -3.81. The lowest BCUT2D eigenvalue weighted by atomic mass is 9.99. The molecule has 0 spiro atoms. The molecule has 1 saturated carbocycles. The lowest BCUT2D eigenvalue weighted by Crippen LogP contribution is -2.40. The Morgan fingerprint density at radius 3 is 2.76 bits per heavy atom. The van der Waals surface area contributed by atoms with Crippen molar-refractivity contribution in [3.63, 3.8) is 0 Å². The molecule has 2 fully saturated rings. The maximum Gasteiger partial charge on any atom is 0.346 e. The van der Waals surface area contributed by atoms with E-state index in [2.05, 4.69) is 5.10 Å². The second-order valence-corrected chi connectivity index (χ2v) is 9.56. The van der Waals surface area contributed by atoms with Crippen molar-refractivity contribution in [2.24, 2.45) is 0 Å². The Morgan fingerprint density at radius 1 is 1.28 bits per heavy atom. The normalized spacial score (nSPS) is 20.8. The molecule has 0 radical (unpaired) electrons. The lowest BCUT2D eigenvalue weighted by Gasteiger charge is -2.31. The van der Waals surface area contributed by atoms with E-state index in [9.17, 15) is 17.6 Å². The van der Waals surface area contributed by atoms with Crippen molar-refractivity contribution in [1.82, 2.24) is 18.7 Å². The Hall–Kier alpha value is -2.04. The van der Waals surface area contributed by atoms with Gasteiger partial charge >= 0.3 is 5.69 Å². The molecule has 1 unspecified atom stereocenters. The molecular weight excluding hydrogens is 399 g/mol. The highest BCUT2D eigenvalue weighted by Gasteiger charge is 2.37. The van der Waals surface area contributed by atoms with Gasteiger partial charge in [-0.1, -0.05) is 6.07 Å². The monoisotopic (exact) mass is 424 g/mol. The van der Waals surface area contributed by atoms with Crippen molar-refractivity contribution in [2.75, 3.05) is 26.8 Å². The van der Waals surface area contributed by atoms with E-state index in [4.69, 9.17) is 4.74 Å². The highest BCUT2D eigenvalue weighted by Crippen LogP contribution is 2.37. The lowest BCUT2D eigenvalue weighted by molar-refractivity contribution is 0.182. The van der Waals surface area contributed by atoms with Gasteiger partial charge in [-0.05, 0) is 43.9 Å². The number of sulfonamides is 1. The fourth-order valence-electron chi connectivity index (χ4n) is 3.86. The van der Waals surface area contributed by atoms with Gasteiger partial charge in [0.1, 0.15) is 11.6 Å². The van der Waals surface area contributed by atoms with Crippen LogP contribution < -0.4 is 5.69 Å². The zero-order chi connectivity index (χ0) is 20.6. The predicted octanol–water partition coefficient (Wildman–Crippen LogP) is 1.73. The highest BCUT2D eigenvalue weighted by molar-refractivity contribution is 7.89. The molecule has 2 aromatic rings. The van der Waals surface area contributed by atoms with Crippen LogP contribution in [0.25, 0.3) is 0 Å². The van der Waals surface area contributed by atoms with Crippen LogP contribution in [0.15, 0.2) is 34.0 Å². The molecule has 8 nitrogen and oxygen atoms in total. The summed E-state index contributed by atoms with van der Waals surface area (Å²) >= 11 is 0. The van der Waals surface area contributed by atoms with Gasteiger partial charge in [-0.2, -0.15) is 9.40 Å². The molecule has 1 aromatic heterocycles. The SMILES string of the molecule is COCCn1nc(C2CCCN(S(=O)(=O)c3cccc(F)c3)C2)n(C2CC2)c1=O. The molecule has 0 bridgehead atoms. The second kappa shape index (κ2) is 8.00. The quantitative estimate of drug-likeness (QED) is 0.676. The summed E-state index contributed by atoms with van der Waals surface area (Å²) in [5.74, 6) is -0.115. The average Bonchev–Trinajstić information content (AvgIpc) is 3.50. The fourth-order valence-corrected chi connectivity index (χ4v) is 5.42. The fraction of sp³-hybridized carbons (Fsp3) is 0.579. The van der Waals surface area contributed by atoms with Gasteiger partial charge in [0.25, 0.3) is 0 Å². The van der Waals surface area contributed by atoms with Crippen LogP contribution in [0.1, 0.15) is 43.5 Å². The molecule has 2 heterocycles. The summed E-state index contributed by atoms with van der Waals surface area (Å²) in [6.07, 6.45) is 3.27. The van der Waals surface area contributed by atoms with Crippen molar-refractivity contribution in [2.45, 2.75) is 49.1 Å². The van der Waals surface area contributed by atoms with Gasteiger partial charge in [0.2, 0.25) is 10.0 Å². The van der Waals surface area contributed by atoms with Gasteiger partial charge in [-0.15, -0.1) is 0 Å². The smallest absolute Gasteiger partial charge is 0.346 e. The van der Waals surface area contributed by atoms with Gasteiger partial charge in [-0.25, -0.2) is 22.3 Å². The number of hydrogen-bond acceptors (Lipinski definition) is 5. The summed E-state index contributed by atoms with van der Waals surface area (Å²) in [4.78, 5) is 12.7. The van der Waals surface area contributed by atoms with Crippen molar-refractivity contribution >= 4 is 10.0 Å². The molecule has 1 aromatic carbocycles. The number of methoxy groups -OCH3 is 1. The first-order chi connectivity index (χ1) is 13.9. The molecular formula is C19H25FN4O4S. The number of halogens is 1. The topological polar surface area (TPSA) is 86.4 Å². The summed E-state index contributed by atoms with van der Waals surface area (Å²) in [6.45, 7) is 1.34. The van der Waals surface area contributed by atoms with Gasteiger partial charge < -0.3 is 4.74 Å². The summed E-state index contributed by atoms with van der Waals surface area (Å²) < 4.78 is 49.2. The van der Waals surface area contributed by atoms with Crippen LogP contribution in [0.4, 0.5) is 4.39 Å². The standard InChI is InChI=1S/C19H25FN4O4S/c1-28-11-10-23-19(25)24(16-7-8-16)18(21-23)14-4-3-9-22(13-14)29(26,27)17-6-2-5-15(20)12-17/h2,5-6,12,14,16H,3-4,7-11,13H2,1H3. The molecule has 1 aliphatic carbocycles. The van der Waals surface area contributed by atoms with E-state index in [0.717, 1.165) is 25.3 Å². The van der Waals surface area contributed by atoms with Gasteiger partial charge in [0.15, 0.2) is 0 Å². The number of aromatic nitrogens is 3. The molecule has 29 heavy (non-hydrogen) atoms. The summed E-state index contributed by atoms with van der Waals surface area (Å²) in [7, 11) is -2.24. The van der Waals surface area contributed by atoms with Crippen LogP contribution in [0.2, 0.25) is 0 Å². The largest absolute Gasteiger partial charge is 0.383 e. The van der Waals surface area contributed by atoms with E-state index >= 15 is 0 Å². The second-order valence-electron chi connectivity index (χ2n) is 7.62. The summed E-state index contributed by atoms with van der Waals surface area (Å²) in [5.41, 5.74) is -0.162. The summed E-state index contributed by atoms with van der Waals surface area (Å²) in [6, 6.07) is 5.20. The third kappa shape index (κ3) is 4.01. The Morgan fingerprint density at radius 2 is 2.07 bits per heavy atom. The number of benzene rings is 1. The minimum Gasteiger partial charge on any atom is -0.383 e. The van der Waals surface area contributed by atoms with E-state index in [0.29, 0.717) is 31.9 Å². The van der Waals surface area contributed by atoms with Crippen molar-refractivity contribution in [1.29, 1.82) is 0 Å². The minimum absolute atomic E-state index is 0.0524. The predicted molar refractivity (Wildman–Crippen MR) is 104 cm³/mol. The van der Waals surface area contributed by atoms with Crippen LogP contribution in [-0.2, 0) is 21.3 Å². The molecule has 158 valence electrons. The van der Waals surface area contributed by atoms with Gasteiger partial charge in [-0.3, -0.25) is 4.57 Å². The van der Waals surface area contributed by atoms with Gasteiger partial charge in [0, 0.05) is 32.2 Å². The van der Waals surface area contributed by atoms with Crippen LogP contribution in [-0.4, -0.2) is 53.9 Å². The van der Waals surface area contributed by atoms with Crippen LogP contribution in [0.3, 0.4) is 0 Å². The molecule has 1 saturated heterocycles. The Bertz CT molecular complexity index is 1040. The summed E-state index contributed by atoms with van der Waals surface area (Å²) in [5, 5.41) is 4.54. The first kappa shape index (κ1) is 20.2. The van der Waals surface area contributed by atoms with E-state index in [1.54, 1.807) is 11.7 Å². The molecule has 0 N–H and O–H groups in total. The maximum absolute atomic E-state index is 13.6. The molecule has 2 aliphatic rings. The Balaban J connectivity index is 1.63. The van der Waals surface area contributed by atoms with Crippen molar-refractivity contribution in [3.8, 4) is 0 Å². The van der Waals surface area contributed by atoms with Crippen molar-refractivity contribution in [3.05, 3.63) is 46.4 Å². The number of ether oxygens (including phenoxy) is 1. The van der Waals surface area contributed by atoms with Crippen LogP contribution in [0, 0.1) is 5.82 Å². The zero-order valence-corrected chi connectivity index (χ0v) is 17.1. The first-order valence-electron chi connectivity index (χ1n) is 9.85. The molecule has 10 heteroatoms. The van der Waals surface area contributed by atoms with Crippen LogP contribution >= 0.6 is 0 Å². The van der Waals surface area contributed by atoms with Crippen LogP contribution in [0.5, 0.6) is 0 Å². The average molecular weight is 424 g/mol. The Labute approximate surface area is 168 Å². The number of nitrogens with zero attached hydrogens (tertiary/aromatic N) is 4. The molecule has 0 amide bonds. The number of rotatable bonds is 7. The third-order valence-electron chi connectivity index (χ3n) is 5.50. The molecule has 4 rings (SSSR count).